The molecule has 0 amide bonds. The lowest BCUT2D eigenvalue weighted by Crippen LogP contribution is -2.26. The van der Waals surface area contributed by atoms with E-state index in [1.54, 1.807) is 30.4 Å². The molecule has 0 spiro atoms. The Morgan fingerprint density at radius 3 is 2.81 bits per heavy atom. The molecule has 1 heterocycles. The minimum atomic E-state index is -3.64. The number of nitrogens with one attached hydrogen (secondary N) is 1. The Hall–Kier alpha value is -1.57. The summed E-state index contributed by atoms with van der Waals surface area (Å²) in [4.78, 5) is 1.21. The minimum Gasteiger partial charge on any atom is -0.492 e. The van der Waals surface area contributed by atoms with Crippen molar-refractivity contribution < 1.29 is 13.2 Å². The third-order valence-electron chi connectivity index (χ3n) is 2.80. The van der Waals surface area contributed by atoms with E-state index in [0.29, 0.717) is 31.0 Å². The van der Waals surface area contributed by atoms with E-state index in [2.05, 4.69) is 4.72 Å². The maximum Gasteiger partial charge on any atom is 0.244 e. The van der Waals surface area contributed by atoms with Crippen molar-refractivity contribution in [2.24, 2.45) is 0 Å². The van der Waals surface area contributed by atoms with Gasteiger partial charge in [-0.05, 0) is 43.0 Å². The van der Waals surface area contributed by atoms with Crippen LogP contribution >= 0.6 is 11.3 Å². The van der Waals surface area contributed by atoms with Gasteiger partial charge in [-0.15, -0.1) is 11.3 Å². The molecule has 0 saturated carbocycles. The second-order valence-corrected chi connectivity index (χ2v) is 7.13. The first kappa shape index (κ1) is 15.8. The highest BCUT2D eigenvalue weighted by Gasteiger charge is 2.19. The van der Waals surface area contributed by atoms with Crippen molar-refractivity contribution in [3.05, 3.63) is 40.6 Å². The maximum atomic E-state index is 12.4. The fraction of sp³-hybridized carbons (Fsp3) is 0.286. The quantitative estimate of drug-likeness (QED) is 0.765. The van der Waals surface area contributed by atoms with Gasteiger partial charge in [-0.25, -0.2) is 13.1 Å². The zero-order valence-corrected chi connectivity index (χ0v) is 13.3. The topological polar surface area (TPSA) is 81.4 Å². The molecule has 1 aromatic heterocycles. The summed E-state index contributed by atoms with van der Waals surface area (Å²) in [5.41, 5.74) is 6.07. The summed E-state index contributed by atoms with van der Waals surface area (Å²) in [6, 6.07) is 8.53. The smallest absolute Gasteiger partial charge is 0.244 e. The molecule has 0 aliphatic rings. The van der Waals surface area contributed by atoms with Gasteiger partial charge in [0.05, 0.1) is 6.61 Å². The molecule has 0 unspecified atom stereocenters. The SMILES string of the molecule is CCOc1ccc(N)cc1S(=O)(=O)NCCc1cccs1. The highest BCUT2D eigenvalue weighted by atomic mass is 32.2. The van der Waals surface area contributed by atoms with E-state index >= 15 is 0 Å². The molecular formula is C14H18N2O3S2. The lowest BCUT2D eigenvalue weighted by atomic mass is 10.3. The number of hydrogen-bond donors (Lipinski definition) is 2. The molecule has 0 aliphatic carbocycles. The molecular weight excluding hydrogens is 308 g/mol. The predicted octanol–water partition coefficient (Wildman–Crippen LogP) is 2.25. The van der Waals surface area contributed by atoms with Crippen LogP contribution in [-0.2, 0) is 16.4 Å². The van der Waals surface area contributed by atoms with E-state index in [-0.39, 0.29) is 4.90 Å². The molecule has 0 fully saturated rings. The molecule has 1 aromatic carbocycles. The van der Waals surface area contributed by atoms with Gasteiger partial charge in [0.25, 0.3) is 0 Å². The monoisotopic (exact) mass is 326 g/mol. The third-order valence-corrected chi connectivity index (χ3v) is 5.22. The third kappa shape index (κ3) is 4.20. The van der Waals surface area contributed by atoms with E-state index in [4.69, 9.17) is 10.5 Å². The fourth-order valence-electron chi connectivity index (χ4n) is 1.85. The first-order valence-corrected chi connectivity index (χ1v) is 8.93. The lowest BCUT2D eigenvalue weighted by Gasteiger charge is -2.12. The van der Waals surface area contributed by atoms with Crippen LogP contribution in [0.25, 0.3) is 0 Å². The Balaban J connectivity index is 2.12. The van der Waals surface area contributed by atoms with E-state index in [1.807, 2.05) is 17.5 Å². The summed E-state index contributed by atoms with van der Waals surface area (Å²) in [7, 11) is -3.64. The number of rotatable bonds is 7. The fourth-order valence-corrected chi connectivity index (χ4v) is 3.77. The van der Waals surface area contributed by atoms with E-state index in [0.717, 1.165) is 4.88 Å². The zero-order valence-electron chi connectivity index (χ0n) is 11.7. The van der Waals surface area contributed by atoms with Crippen LogP contribution in [-0.4, -0.2) is 21.6 Å². The molecule has 5 nitrogen and oxygen atoms in total. The summed E-state index contributed by atoms with van der Waals surface area (Å²) in [5.74, 6) is 0.315. The van der Waals surface area contributed by atoms with Gasteiger partial charge in [0, 0.05) is 17.1 Å². The van der Waals surface area contributed by atoms with Gasteiger partial charge >= 0.3 is 0 Å². The molecule has 0 bridgehead atoms. The number of nitrogens with two attached hydrogens (primary N) is 1. The molecule has 114 valence electrons. The van der Waals surface area contributed by atoms with Gasteiger partial charge < -0.3 is 10.5 Å². The van der Waals surface area contributed by atoms with Crippen molar-refractivity contribution in [2.45, 2.75) is 18.2 Å². The van der Waals surface area contributed by atoms with Crippen LogP contribution < -0.4 is 15.2 Å². The van der Waals surface area contributed by atoms with Crippen LogP contribution in [0.5, 0.6) is 5.75 Å². The highest BCUT2D eigenvalue weighted by molar-refractivity contribution is 7.89. The standard InChI is InChI=1S/C14H18N2O3S2/c1-2-19-13-6-5-11(15)10-14(13)21(17,18)16-8-7-12-4-3-9-20-12/h3-6,9-10,16H,2,7-8,15H2,1H3. The highest BCUT2D eigenvalue weighted by Crippen LogP contribution is 2.26. The molecule has 21 heavy (non-hydrogen) atoms. The van der Waals surface area contributed by atoms with Gasteiger partial charge in [0.1, 0.15) is 10.6 Å². The first-order chi connectivity index (χ1) is 10.0. The normalized spacial score (nSPS) is 11.5. The lowest BCUT2D eigenvalue weighted by molar-refractivity contribution is 0.331. The van der Waals surface area contributed by atoms with Crippen molar-refractivity contribution in [1.29, 1.82) is 0 Å². The Bertz CT molecular complexity index is 682. The van der Waals surface area contributed by atoms with Gasteiger partial charge in [0.2, 0.25) is 10.0 Å². The number of anilines is 1. The van der Waals surface area contributed by atoms with Crippen molar-refractivity contribution in [1.82, 2.24) is 4.72 Å². The predicted molar refractivity (Wildman–Crippen MR) is 85.2 cm³/mol. The summed E-state index contributed by atoms with van der Waals surface area (Å²) < 4.78 is 32.7. The largest absolute Gasteiger partial charge is 0.492 e. The van der Waals surface area contributed by atoms with E-state index in [1.165, 1.54) is 6.07 Å². The minimum absolute atomic E-state index is 0.0792. The van der Waals surface area contributed by atoms with Gasteiger partial charge in [-0.1, -0.05) is 6.07 Å². The number of hydrogen-bond acceptors (Lipinski definition) is 5. The first-order valence-electron chi connectivity index (χ1n) is 6.57. The van der Waals surface area contributed by atoms with Crippen molar-refractivity contribution in [2.75, 3.05) is 18.9 Å². The molecule has 2 rings (SSSR count). The Kier molecular flexibility index (Phi) is 5.22. The van der Waals surface area contributed by atoms with Crippen molar-refractivity contribution in [3.8, 4) is 5.75 Å². The summed E-state index contributed by atoms with van der Waals surface area (Å²) in [6.45, 7) is 2.53. The van der Waals surface area contributed by atoms with Gasteiger partial charge in [-0.2, -0.15) is 0 Å². The number of benzene rings is 1. The van der Waals surface area contributed by atoms with E-state index in [9.17, 15) is 8.42 Å². The van der Waals surface area contributed by atoms with Crippen LogP contribution in [0.15, 0.2) is 40.6 Å². The number of nitrogen functional groups attached to an aromatic ring is 1. The molecule has 7 heteroatoms. The Morgan fingerprint density at radius 1 is 1.33 bits per heavy atom. The molecule has 0 atom stereocenters. The summed E-state index contributed by atoms with van der Waals surface area (Å²) in [6.07, 6.45) is 0.656. The van der Waals surface area contributed by atoms with Gasteiger partial charge in [-0.3, -0.25) is 0 Å². The van der Waals surface area contributed by atoms with Crippen LogP contribution in [0.1, 0.15) is 11.8 Å². The van der Waals surface area contributed by atoms with Crippen LogP contribution in [0.4, 0.5) is 5.69 Å². The van der Waals surface area contributed by atoms with Crippen molar-refractivity contribution >= 4 is 27.0 Å². The number of ether oxygens (including phenoxy) is 1. The average Bonchev–Trinajstić information content (AvgIpc) is 2.94. The second-order valence-electron chi connectivity index (χ2n) is 4.37. The van der Waals surface area contributed by atoms with Crippen LogP contribution in [0, 0.1) is 0 Å². The van der Waals surface area contributed by atoms with Crippen LogP contribution in [0.2, 0.25) is 0 Å². The van der Waals surface area contributed by atoms with Gasteiger partial charge in [0.15, 0.2) is 0 Å². The van der Waals surface area contributed by atoms with E-state index < -0.39 is 10.0 Å². The zero-order chi connectivity index (χ0) is 15.3. The Morgan fingerprint density at radius 2 is 2.14 bits per heavy atom. The molecule has 3 N–H and O–H groups in total. The molecule has 2 aromatic rings. The number of sulfonamides is 1. The second kappa shape index (κ2) is 6.93. The molecule has 0 radical (unpaired) electrons. The molecule has 0 saturated heterocycles. The maximum absolute atomic E-state index is 12.4. The number of thiophene rings is 1. The summed E-state index contributed by atoms with van der Waals surface area (Å²) >= 11 is 1.60. The summed E-state index contributed by atoms with van der Waals surface area (Å²) in [5, 5.41) is 1.97. The average molecular weight is 326 g/mol. The Labute approximate surface area is 128 Å². The van der Waals surface area contributed by atoms with Crippen molar-refractivity contribution in [3.63, 3.8) is 0 Å². The van der Waals surface area contributed by atoms with Crippen LogP contribution in [0.3, 0.4) is 0 Å². The molecule has 0 aliphatic heterocycles.